The lowest BCUT2D eigenvalue weighted by Gasteiger charge is -2.18. The lowest BCUT2D eigenvalue weighted by atomic mass is 10.0. The van der Waals surface area contributed by atoms with Crippen LogP contribution in [0.1, 0.15) is 22.0 Å². The molecule has 2 aromatic rings. The summed E-state index contributed by atoms with van der Waals surface area (Å²) in [5, 5.41) is 0. The maximum absolute atomic E-state index is 12.9. The van der Waals surface area contributed by atoms with Crippen molar-refractivity contribution < 1.29 is 13.2 Å². The van der Waals surface area contributed by atoms with Crippen LogP contribution in [0.3, 0.4) is 0 Å². The van der Waals surface area contributed by atoms with Gasteiger partial charge in [0.1, 0.15) is 0 Å². The number of nitrogens with zero attached hydrogens (tertiary/aromatic N) is 1. The molecule has 0 spiro atoms. The number of rotatable bonds is 4. The van der Waals surface area contributed by atoms with Gasteiger partial charge < -0.3 is 0 Å². The molecule has 1 aromatic heterocycles. The van der Waals surface area contributed by atoms with E-state index in [4.69, 9.17) is 5.84 Å². The van der Waals surface area contributed by atoms with Crippen molar-refractivity contribution in [3.8, 4) is 0 Å². The highest BCUT2D eigenvalue weighted by molar-refractivity contribution is 9.10. The highest BCUT2D eigenvalue weighted by atomic mass is 79.9. The Hall–Kier alpha value is -0.960. The van der Waals surface area contributed by atoms with Gasteiger partial charge in [-0.1, -0.05) is 22.0 Å². The second-order valence-electron chi connectivity index (χ2n) is 4.13. The van der Waals surface area contributed by atoms with E-state index >= 15 is 0 Å². The van der Waals surface area contributed by atoms with Crippen molar-refractivity contribution in [3.05, 3.63) is 50.4 Å². The Morgan fingerprint density at radius 2 is 2.15 bits per heavy atom. The number of halogens is 4. The predicted octanol–water partition coefficient (Wildman–Crippen LogP) is 3.67. The Kier molecular flexibility index (Phi) is 4.79. The fraction of sp³-hybridized carbons (Fsp3) is 0.250. The van der Waals surface area contributed by atoms with Crippen molar-refractivity contribution >= 4 is 27.3 Å². The minimum atomic E-state index is -4.40. The van der Waals surface area contributed by atoms with E-state index in [1.54, 1.807) is 17.8 Å². The van der Waals surface area contributed by atoms with E-state index in [-0.39, 0.29) is 4.47 Å². The average molecular weight is 366 g/mol. The molecular weight excluding hydrogens is 355 g/mol. The average Bonchev–Trinajstić information content (AvgIpc) is 2.88. The molecule has 108 valence electrons. The largest absolute Gasteiger partial charge is 0.417 e. The van der Waals surface area contributed by atoms with Gasteiger partial charge in [0.15, 0.2) is 0 Å². The van der Waals surface area contributed by atoms with E-state index in [9.17, 15) is 13.2 Å². The SMILES string of the molecule is NNC(Cc1cncs1)c1ccc(Br)c(C(F)(F)F)c1. The summed E-state index contributed by atoms with van der Waals surface area (Å²) in [5.74, 6) is 5.46. The van der Waals surface area contributed by atoms with Gasteiger partial charge in [-0.25, -0.2) is 0 Å². The molecule has 0 saturated carbocycles. The monoisotopic (exact) mass is 365 g/mol. The molecule has 1 atom stereocenters. The molecule has 3 N–H and O–H groups in total. The van der Waals surface area contributed by atoms with Crippen molar-refractivity contribution in [2.75, 3.05) is 0 Å². The molecule has 20 heavy (non-hydrogen) atoms. The zero-order valence-corrected chi connectivity index (χ0v) is 12.5. The molecule has 0 radical (unpaired) electrons. The van der Waals surface area contributed by atoms with Crippen molar-refractivity contribution in [1.29, 1.82) is 0 Å². The fourth-order valence-corrected chi connectivity index (χ4v) is 2.91. The van der Waals surface area contributed by atoms with Crippen LogP contribution in [-0.2, 0) is 12.6 Å². The number of hydrazine groups is 1. The third-order valence-electron chi connectivity index (χ3n) is 2.79. The van der Waals surface area contributed by atoms with E-state index in [2.05, 4.69) is 26.3 Å². The van der Waals surface area contributed by atoms with Crippen LogP contribution in [0.25, 0.3) is 0 Å². The first-order chi connectivity index (χ1) is 9.41. The quantitative estimate of drug-likeness (QED) is 0.641. The van der Waals surface area contributed by atoms with Crippen LogP contribution in [0.2, 0.25) is 0 Å². The minimum Gasteiger partial charge on any atom is -0.271 e. The summed E-state index contributed by atoms with van der Waals surface area (Å²) in [5.41, 5.74) is 4.00. The fourth-order valence-electron chi connectivity index (χ4n) is 1.79. The third kappa shape index (κ3) is 3.57. The standard InChI is InChI=1S/C12H11BrF3N3S/c13-10-2-1-7(3-9(10)12(14,15)16)11(19-17)4-8-5-18-6-20-8/h1-3,5-6,11,19H,4,17H2. The van der Waals surface area contributed by atoms with Crippen molar-refractivity contribution in [2.24, 2.45) is 5.84 Å². The zero-order valence-electron chi connectivity index (χ0n) is 10.1. The zero-order chi connectivity index (χ0) is 14.8. The van der Waals surface area contributed by atoms with Gasteiger partial charge >= 0.3 is 6.18 Å². The molecule has 0 saturated heterocycles. The van der Waals surface area contributed by atoms with Crippen molar-refractivity contribution in [3.63, 3.8) is 0 Å². The summed E-state index contributed by atoms with van der Waals surface area (Å²) in [4.78, 5) is 4.89. The number of thiazole rings is 1. The maximum Gasteiger partial charge on any atom is 0.417 e. The molecule has 2 rings (SSSR count). The molecular formula is C12H11BrF3N3S. The molecule has 0 aliphatic carbocycles. The number of nitrogens with one attached hydrogen (secondary N) is 1. The van der Waals surface area contributed by atoms with E-state index in [1.165, 1.54) is 17.4 Å². The topological polar surface area (TPSA) is 50.9 Å². The number of aromatic nitrogens is 1. The number of hydrogen-bond donors (Lipinski definition) is 2. The summed E-state index contributed by atoms with van der Waals surface area (Å²) < 4.78 is 38.7. The molecule has 0 aliphatic heterocycles. The number of benzene rings is 1. The normalized spacial score (nSPS) is 13.4. The van der Waals surface area contributed by atoms with E-state index in [1.807, 2.05) is 0 Å². The number of hydrogen-bond acceptors (Lipinski definition) is 4. The molecule has 0 amide bonds. The molecule has 3 nitrogen and oxygen atoms in total. The van der Waals surface area contributed by atoms with Crippen LogP contribution in [0.4, 0.5) is 13.2 Å². The van der Waals surface area contributed by atoms with Gasteiger partial charge in [-0.05, 0) is 17.7 Å². The van der Waals surface area contributed by atoms with Crippen LogP contribution in [-0.4, -0.2) is 4.98 Å². The van der Waals surface area contributed by atoms with Crippen molar-refractivity contribution in [1.82, 2.24) is 10.4 Å². The molecule has 0 bridgehead atoms. The summed E-state index contributed by atoms with van der Waals surface area (Å²) >= 11 is 4.35. The van der Waals surface area contributed by atoms with Gasteiger partial charge in [-0.2, -0.15) is 13.2 Å². The van der Waals surface area contributed by atoms with Gasteiger partial charge in [-0.15, -0.1) is 11.3 Å². The summed E-state index contributed by atoms with van der Waals surface area (Å²) in [7, 11) is 0. The first-order valence-electron chi connectivity index (χ1n) is 5.62. The Morgan fingerprint density at radius 1 is 1.40 bits per heavy atom. The Morgan fingerprint density at radius 3 is 2.70 bits per heavy atom. The second-order valence-corrected chi connectivity index (χ2v) is 5.95. The highest BCUT2D eigenvalue weighted by Gasteiger charge is 2.33. The second kappa shape index (κ2) is 6.21. The van der Waals surface area contributed by atoms with E-state index < -0.39 is 17.8 Å². The van der Waals surface area contributed by atoms with Gasteiger partial charge in [0.25, 0.3) is 0 Å². The minimum absolute atomic E-state index is 0.0160. The molecule has 8 heteroatoms. The van der Waals surface area contributed by atoms with Gasteiger partial charge in [0.05, 0.1) is 17.1 Å². The first-order valence-corrected chi connectivity index (χ1v) is 7.29. The lowest BCUT2D eigenvalue weighted by Crippen LogP contribution is -2.29. The van der Waals surface area contributed by atoms with Crippen LogP contribution in [0, 0.1) is 0 Å². The lowest BCUT2D eigenvalue weighted by molar-refractivity contribution is -0.138. The molecule has 1 unspecified atom stereocenters. The van der Waals surface area contributed by atoms with Crippen LogP contribution in [0.5, 0.6) is 0 Å². The number of nitrogens with two attached hydrogens (primary N) is 1. The van der Waals surface area contributed by atoms with Crippen LogP contribution < -0.4 is 11.3 Å². The smallest absolute Gasteiger partial charge is 0.271 e. The van der Waals surface area contributed by atoms with Crippen LogP contribution >= 0.6 is 27.3 Å². The van der Waals surface area contributed by atoms with Crippen molar-refractivity contribution in [2.45, 2.75) is 18.6 Å². The third-order valence-corrected chi connectivity index (χ3v) is 4.28. The van der Waals surface area contributed by atoms with E-state index in [0.717, 1.165) is 10.9 Å². The Balaban J connectivity index is 2.30. The van der Waals surface area contributed by atoms with Gasteiger partial charge in [-0.3, -0.25) is 16.3 Å². The molecule has 0 aliphatic rings. The van der Waals surface area contributed by atoms with Gasteiger partial charge in [0, 0.05) is 22.0 Å². The predicted molar refractivity (Wildman–Crippen MR) is 75.0 cm³/mol. The summed E-state index contributed by atoms with van der Waals surface area (Å²) in [6, 6.07) is 3.71. The van der Waals surface area contributed by atoms with Crippen LogP contribution in [0.15, 0.2) is 34.4 Å². The molecule has 1 heterocycles. The first kappa shape index (κ1) is 15.4. The molecule has 0 fully saturated rings. The Labute approximate surface area is 126 Å². The summed E-state index contributed by atoms with van der Waals surface area (Å²) in [6.07, 6.45) is -2.24. The van der Waals surface area contributed by atoms with Gasteiger partial charge in [0.2, 0.25) is 0 Å². The maximum atomic E-state index is 12.9. The highest BCUT2D eigenvalue weighted by Crippen LogP contribution is 2.36. The number of alkyl halides is 3. The Bertz CT molecular complexity index is 572. The summed E-state index contributed by atoms with van der Waals surface area (Å²) in [6.45, 7) is 0. The molecule has 1 aromatic carbocycles. The van der Waals surface area contributed by atoms with E-state index in [0.29, 0.717) is 12.0 Å².